The lowest BCUT2D eigenvalue weighted by Crippen LogP contribution is -2.09. The Bertz CT molecular complexity index is 588. The number of nitrogens with zero attached hydrogens (tertiary/aromatic N) is 4. The molecule has 0 N–H and O–H groups in total. The fourth-order valence-corrected chi connectivity index (χ4v) is 2.32. The zero-order valence-electron chi connectivity index (χ0n) is 11.5. The summed E-state index contributed by atoms with van der Waals surface area (Å²) < 4.78 is 6.64. The van der Waals surface area contributed by atoms with Crippen molar-refractivity contribution in [2.75, 3.05) is 12.4 Å². The van der Waals surface area contributed by atoms with E-state index in [0.29, 0.717) is 16.8 Å². The van der Waals surface area contributed by atoms with E-state index in [1.54, 1.807) is 16.8 Å². The fourth-order valence-electron chi connectivity index (χ4n) is 1.51. The van der Waals surface area contributed by atoms with Crippen LogP contribution in [0.4, 0.5) is 0 Å². The van der Waals surface area contributed by atoms with Gasteiger partial charge in [-0.2, -0.15) is 4.68 Å². The molecule has 2 rings (SSSR count). The summed E-state index contributed by atoms with van der Waals surface area (Å²) in [6.07, 6.45) is 1.87. The molecule has 1 aromatic heterocycles. The number of rotatable bonds is 7. The highest BCUT2D eigenvalue weighted by atomic mass is 35.5. The number of aromatic nitrogens is 4. The van der Waals surface area contributed by atoms with E-state index in [2.05, 4.69) is 15.5 Å². The molecule has 21 heavy (non-hydrogen) atoms. The fraction of sp³-hybridized carbons (Fsp3) is 0.385. The highest BCUT2D eigenvalue weighted by molar-refractivity contribution is 7.99. The first-order valence-electron chi connectivity index (χ1n) is 6.53. The second kappa shape index (κ2) is 7.99. The van der Waals surface area contributed by atoms with Crippen LogP contribution in [-0.4, -0.2) is 38.5 Å². The van der Waals surface area contributed by atoms with Gasteiger partial charge in [-0.25, -0.2) is 0 Å². The lowest BCUT2D eigenvalue weighted by atomic mass is 10.3. The van der Waals surface area contributed by atoms with Crippen LogP contribution in [0.1, 0.15) is 19.8 Å². The molecule has 6 nitrogen and oxygen atoms in total. The van der Waals surface area contributed by atoms with Gasteiger partial charge in [-0.05, 0) is 41.1 Å². The Morgan fingerprint density at radius 3 is 2.86 bits per heavy atom. The van der Waals surface area contributed by atoms with Gasteiger partial charge in [-0.3, -0.25) is 4.79 Å². The van der Waals surface area contributed by atoms with Gasteiger partial charge in [0.15, 0.2) is 0 Å². The Morgan fingerprint density at radius 1 is 1.38 bits per heavy atom. The molecule has 112 valence electrons. The van der Waals surface area contributed by atoms with Crippen LogP contribution in [0.3, 0.4) is 0 Å². The molecule has 0 aliphatic heterocycles. The van der Waals surface area contributed by atoms with E-state index in [1.807, 2.05) is 19.1 Å². The number of unbranched alkanes of at least 4 members (excludes halogenated alkanes) is 1. The van der Waals surface area contributed by atoms with Gasteiger partial charge < -0.3 is 4.74 Å². The highest BCUT2D eigenvalue weighted by Crippen LogP contribution is 2.19. The summed E-state index contributed by atoms with van der Waals surface area (Å²) in [6, 6.07) is 7.13. The average molecular weight is 327 g/mol. The molecule has 0 spiro atoms. The second-order valence-electron chi connectivity index (χ2n) is 4.21. The maximum absolute atomic E-state index is 11.6. The molecule has 0 amide bonds. The van der Waals surface area contributed by atoms with Crippen molar-refractivity contribution < 1.29 is 9.53 Å². The molecular weight excluding hydrogens is 312 g/mol. The van der Waals surface area contributed by atoms with Crippen molar-refractivity contribution in [3.05, 3.63) is 29.3 Å². The number of carbonyl (C=O) groups excluding carboxylic acids is 1. The molecule has 0 aliphatic rings. The molecular formula is C13H15ClN4O2S. The summed E-state index contributed by atoms with van der Waals surface area (Å²) in [5.41, 5.74) is 0.784. The van der Waals surface area contributed by atoms with E-state index in [1.165, 1.54) is 11.8 Å². The van der Waals surface area contributed by atoms with Crippen LogP contribution in [-0.2, 0) is 9.53 Å². The molecule has 0 saturated carbocycles. The van der Waals surface area contributed by atoms with Gasteiger partial charge in [0.25, 0.3) is 0 Å². The predicted molar refractivity (Wildman–Crippen MR) is 80.8 cm³/mol. The summed E-state index contributed by atoms with van der Waals surface area (Å²) in [6.45, 7) is 2.50. The Labute approximate surface area is 131 Å². The van der Waals surface area contributed by atoms with Gasteiger partial charge in [0.1, 0.15) is 0 Å². The van der Waals surface area contributed by atoms with Crippen molar-refractivity contribution in [3.8, 4) is 5.69 Å². The highest BCUT2D eigenvalue weighted by Gasteiger charge is 2.12. The topological polar surface area (TPSA) is 69.9 Å². The monoisotopic (exact) mass is 326 g/mol. The maximum atomic E-state index is 11.6. The number of esters is 1. The first-order valence-corrected chi connectivity index (χ1v) is 7.90. The number of hydrogen-bond acceptors (Lipinski definition) is 6. The van der Waals surface area contributed by atoms with Crippen molar-refractivity contribution in [3.63, 3.8) is 0 Å². The summed E-state index contributed by atoms with van der Waals surface area (Å²) >= 11 is 7.09. The second-order valence-corrected chi connectivity index (χ2v) is 5.59. The lowest BCUT2D eigenvalue weighted by molar-refractivity contribution is -0.140. The number of ether oxygens (including phenoxy) is 1. The van der Waals surface area contributed by atoms with Crippen LogP contribution in [0.2, 0.25) is 5.02 Å². The minimum absolute atomic E-state index is 0.178. The van der Waals surface area contributed by atoms with E-state index in [-0.39, 0.29) is 11.7 Å². The SMILES string of the molecule is CCCCOC(=O)CSc1nnnn1-c1ccc(Cl)cc1. The zero-order valence-corrected chi connectivity index (χ0v) is 13.1. The van der Waals surface area contributed by atoms with Gasteiger partial charge in [0.2, 0.25) is 5.16 Å². The van der Waals surface area contributed by atoms with Gasteiger partial charge in [-0.15, -0.1) is 5.10 Å². The van der Waals surface area contributed by atoms with Gasteiger partial charge in [0.05, 0.1) is 18.0 Å². The quantitative estimate of drug-likeness (QED) is 0.442. The normalized spacial score (nSPS) is 10.6. The predicted octanol–water partition coefficient (Wildman–Crippen LogP) is 2.75. The number of thioether (sulfide) groups is 1. The average Bonchev–Trinajstić information content (AvgIpc) is 2.95. The van der Waals surface area contributed by atoms with E-state index >= 15 is 0 Å². The van der Waals surface area contributed by atoms with Gasteiger partial charge >= 0.3 is 5.97 Å². The molecule has 2 aromatic rings. The Balaban J connectivity index is 1.94. The van der Waals surface area contributed by atoms with E-state index in [0.717, 1.165) is 18.5 Å². The molecule has 0 fully saturated rings. The molecule has 1 aromatic carbocycles. The molecule has 8 heteroatoms. The third-order valence-electron chi connectivity index (χ3n) is 2.59. The molecule has 0 radical (unpaired) electrons. The van der Waals surface area contributed by atoms with Crippen LogP contribution in [0.15, 0.2) is 29.4 Å². The smallest absolute Gasteiger partial charge is 0.316 e. The largest absolute Gasteiger partial charge is 0.465 e. The van der Waals surface area contributed by atoms with Gasteiger partial charge in [0, 0.05) is 5.02 Å². The van der Waals surface area contributed by atoms with Crippen molar-refractivity contribution >= 4 is 29.3 Å². The first-order chi connectivity index (χ1) is 10.2. The van der Waals surface area contributed by atoms with Crippen LogP contribution < -0.4 is 0 Å². The van der Waals surface area contributed by atoms with Crippen molar-refractivity contribution in [2.45, 2.75) is 24.9 Å². The standard InChI is InChI=1S/C13H15ClN4O2S/c1-2-3-8-20-12(19)9-21-13-15-16-17-18(13)11-6-4-10(14)5-7-11/h4-7H,2-3,8-9H2,1H3. The number of tetrazole rings is 1. The van der Waals surface area contributed by atoms with E-state index in [4.69, 9.17) is 16.3 Å². The maximum Gasteiger partial charge on any atom is 0.316 e. The third kappa shape index (κ3) is 4.71. The van der Waals surface area contributed by atoms with E-state index in [9.17, 15) is 4.79 Å². The van der Waals surface area contributed by atoms with E-state index < -0.39 is 0 Å². The number of carbonyl (C=O) groups is 1. The van der Waals surface area contributed by atoms with Crippen molar-refractivity contribution in [2.24, 2.45) is 0 Å². The summed E-state index contributed by atoms with van der Waals surface area (Å²) in [5.74, 6) is -0.0865. The summed E-state index contributed by atoms with van der Waals surface area (Å²) in [5, 5.41) is 12.6. The minimum atomic E-state index is -0.265. The number of halogens is 1. The van der Waals surface area contributed by atoms with Crippen LogP contribution in [0, 0.1) is 0 Å². The van der Waals surface area contributed by atoms with Crippen LogP contribution in [0.5, 0.6) is 0 Å². The number of hydrogen-bond donors (Lipinski definition) is 0. The summed E-state index contributed by atoms with van der Waals surface area (Å²) in [7, 11) is 0. The molecule has 0 atom stereocenters. The molecule has 0 aliphatic carbocycles. The van der Waals surface area contributed by atoms with Crippen LogP contribution >= 0.6 is 23.4 Å². The summed E-state index contributed by atoms with van der Waals surface area (Å²) in [4.78, 5) is 11.6. The minimum Gasteiger partial charge on any atom is -0.465 e. The lowest BCUT2D eigenvalue weighted by Gasteiger charge is -2.05. The third-order valence-corrected chi connectivity index (χ3v) is 3.74. The molecule has 0 saturated heterocycles. The van der Waals surface area contributed by atoms with Crippen molar-refractivity contribution in [1.82, 2.24) is 20.2 Å². The van der Waals surface area contributed by atoms with Crippen LogP contribution in [0.25, 0.3) is 5.69 Å². The number of benzene rings is 1. The Morgan fingerprint density at radius 2 is 2.14 bits per heavy atom. The Hall–Kier alpha value is -1.60. The Kier molecular flexibility index (Phi) is 6.01. The van der Waals surface area contributed by atoms with Crippen molar-refractivity contribution in [1.29, 1.82) is 0 Å². The molecule has 0 unspecified atom stereocenters. The molecule has 1 heterocycles. The molecule has 0 bridgehead atoms. The zero-order chi connectivity index (χ0) is 15.1. The first kappa shape index (κ1) is 15.8. The van der Waals surface area contributed by atoms with Gasteiger partial charge in [-0.1, -0.05) is 36.7 Å².